The molecule has 1 heterocycles. The topological polar surface area (TPSA) is 77.2 Å². The Balaban J connectivity index is 1.63. The highest BCUT2D eigenvalue weighted by Gasteiger charge is 2.35. The summed E-state index contributed by atoms with van der Waals surface area (Å²) in [6.07, 6.45) is 1.19. The number of aliphatic hydroxyl groups is 1. The second-order valence-electron chi connectivity index (χ2n) is 7.80. The van der Waals surface area contributed by atoms with E-state index >= 15 is 0 Å². The van der Waals surface area contributed by atoms with Crippen molar-refractivity contribution in [1.82, 2.24) is 15.6 Å². The molecule has 1 atom stereocenters. The number of nitrogens with one attached hydrogen (secondary N) is 3. The van der Waals surface area contributed by atoms with E-state index in [9.17, 15) is 18.0 Å². The molecule has 1 saturated carbocycles. The van der Waals surface area contributed by atoms with Crippen LogP contribution in [0.2, 0.25) is 0 Å². The molecule has 1 aliphatic carbocycles. The standard InChI is InChI=1S/C22H22F3N3O2/c1-11(10-29)26-22(30)27-16-6-13(7-16)19-17-8-15(24)9-18(25)21(17)28-20(19)12-2-4-14(23)5-3-12/h2-5,8-9,11,13,16,28-29H,6-7,10H2,1H3,(H2,26,27,30)/t11-,13?,16?/m0/s1. The Kier molecular flexibility index (Phi) is 5.42. The van der Waals surface area contributed by atoms with Crippen molar-refractivity contribution in [2.75, 3.05) is 6.61 Å². The molecule has 0 bridgehead atoms. The van der Waals surface area contributed by atoms with E-state index in [2.05, 4.69) is 15.6 Å². The third-order valence-electron chi connectivity index (χ3n) is 5.53. The van der Waals surface area contributed by atoms with Gasteiger partial charge in [0.15, 0.2) is 0 Å². The summed E-state index contributed by atoms with van der Waals surface area (Å²) < 4.78 is 41.7. The predicted octanol–water partition coefficient (Wildman–Crippen LogP) is 4.18. The Morgan fingerprint density at radius 2 is 1.87 bits per heavy atom. The lowest BCUT2D eigenvalue weighted by molar-refractivity contribution is 0.207. The number of H-pyrrole nitrogens is 1. The number of urea groups is 1. The molecule has 1 aromatic heterocycles. The third-order valence-corrected chi connectivity index (χ3v) is 5.53. The first-order valence-corrected chi connectivity index (χ1v) is 9.80. The first kappa shape index (κ1) is 20.3. The maximum atomic E-state index is 14.4. The van der Waals surface area contributed by atoms with Gasteiger partial charge >= 0.3 is 6.03 Å². The summed E-state index contributed by atoms with van der Waals surface area (Å²) in [7, 11) is 0. The number of hydrogen-bond donors (Lipinski definition) is 4. The van der Waals surface area contributed by atoms with Gasteiger partial charge in [0.2, 0.25) is 0 Å². The van der Waals surface area contributed by atoms with Crippen LogP contribution in [0.3, 0.4) is 0 Å². The molecule has 4 N–H and O–H groups in total. The maximum Gasteiger partial charge on any atom is 0.315 e. The van der Waals surface area contributed by atoms with E-state index in [4.69, 9.17) is 5.11 Å². The van der Waals surface area contributed by atoms with E-state index in [1.165, 1.54) is 18.2 Å². The van der Waals surface area contributed by atoms with Gasteiger partial charge in [0.1, 0.15) is 17.5 Å². The number of aromatic nitrogens is 1. The van der Waals surface area contributed by atoms with E-state index in [1.807, 2.05) is 0 Å². The zero-order valence-corrected chi connectivity index (χ0v) is 16.3. The first-order valence-electron chi connectivity index (χ1n) is 9.80. The fourth-order valence-electron chi connectivity index (χ4n) is 3.98. The Morgan fingerprint density at radius 1 is 1.17 bits per heavy atom. The summed E-state index contributed by atoms with van der Waals surface area (Å²) in [5.74, 6) is -1.77. The van der Waals surface area contributed by atoms with Gasteiger partial charge in [-0.05, 0) is 67.1 Å². The maximum absolute atomic E-state index is 14.4. The van der Waals surface area contributed by atoms with Gasteiger partial charge in [0.25, 0.3) is 0 Å². The second kappa shape index (κ2) is 8.02. The van der Waals surface area contributed by atoms with Crippen molar-refractivity contribution >= 4 is 16.9 Å². The lowest BCUT2D eigenvalue weighted by Gasteiger charge is -2.36. The molecule has 1 aliphatic rings. The van der Waals surface area contributed by atoms with Crippen molar-refractivity contribution in [2.24, 2.45) is 0 Å². The Labute approximate surface area is 171 Å². The smallest absolute Gasteiger partial charge is 0.315 e. The largest absolute Gasteiger partial charge is 0.394 e. The van der Waals surface area contributed by atoms with Crippen molar-refractivity contribution in [2.45, 2.75) is 37.8 Å². The van der Waals surface area contributed by atoms with Crippen LogP contribution < -0.4 is 10.6 Å². The number of hydrogen-bond acceptors (Lipinski definition) is 2. The minimum Gasteiger partial charge on any atom is -0.394 e. The average Bonchev–Trinajstić information content (AvgIpc) is 3.04. The van der Waals surface area contributed by atoms with E-state index in [0.29, 0.717) is 29.5 Å². The molecule has 5 nitrogen and oxygen atoms in total. The Hall–Kier alpha value is -3.00. The lowest BCUT2D eigenvalue weighted by Crippen LogP contribution is -2.50. The summed E-state index contributed by atoms with van der Waals surface area (Å²) in [6, 6.07) is 7.14. The quantitative estimate of drug-likeness (QED) is 0.503. The normalized spacial score (nSPS) is 19.4. The number of halogens is 3. The summed E-state index contributed by atoms with van der Waals surface area (Å²) in [5, 5.41) is 14.9. The highest BCUT2D eigenvalue weighted by molar-refractivity contribution is 5.92. The predicted molar refractivity (Wildman–Crippen MR) is 108 cm³/mol. The third kappa shape index (κ3) is 3.87. The summed E-state index contributed by atoms with van der Waals surface area (Å²) in [5.41, 5.74) is 2.26. The van der Waals surface area contributed by atoms with Crippen LogP contribution in [0, 0.1) is 17.5 Å². The molecule has 8 heteroatoms. The van der Waals surface area contributed by atoms with E-state index < -0.39 is 11.6 Å². The number of aromatic amines is 1. The first-order chi connectivity index (χ1) is 14.4. The number of fused-ring (bicyclic) bond motifs is 1. The van der Waals surface area contributed by atoms with E-state index in [0.717, 1.165) is 11.6 Å². The molecule has 1 fully saturated rings. The van der Waals surface area contributed by atoms with E-state index in [1.54, 1.807) is 19.1 Å². The minimum atomic E-state index is -0.689. The number of carbonyl (C=O) groups excluding carboxylic acids is 1. The van der Waals surface area contributed by atoms with Crippen molar-refractivity contribution in [3.63, 3.8) is 0 Å². The van der Waals surface area contributed by atoms with Crippen molar-refractivity contribution in [3.8, 4) is 11.3 Å². The Morgan fingerprint density at radius 3 is 2.53 bits per heavy atom. The second-order valence-corrected chi connectivity index (χ2v) is 7.80. The minimum absolute atomic E-state index is 0.0273. The van der Waals surface area contributed by atoms with Crippen LogP contribution in [-0.2, 0) is 0 Å². The average molecular weight is 417 g/mol. The van der Waals surface area contributed by atoms with Crippen LogP contribution in [0.1, 0.15) is 31.2 Å². The van der Waals surface area contributed by atoms with Gasteiger partial charge in [0.05, 0.1) is 23.9 Å². The van der Waals surface area contributed by atoms with Crippen molar-refractivity contribution in [3.05, 3.63) is 59.4 Å². The van der Waals surface area contributed by atoms with Gasteiger partial charge < -0.3 is 20.7 Å². The monoisotopic (exact) mass is 417 g/mol. The van der Waals surface area contributed by atoms with Crippen LogP contribution in [0.5, 0.6) is 0 Å². The van der Waals surface area contributed by atoms with Gasteiger partial charge in [-0.15, -0.1) is 0 Å². The zero-order chi connectivity index (χ0) is 21.4. The zero-order valence-electron chi connectivity index (χ0n) is 16.3. The number of rotatable bonds is 5. The van der Waals surface area contributed by atoms with Crippen LogP contribution in [0.15, 0.2) is 36.4 Å². The molecule has 158 valence electrons. The van der Waals surface area contributed by atoms with E-state index in [-0.39, 0.29) is 42.0 Å². The summed E-state index contributed by atoms with van der Waals surface area (Å²) in [6.45, 7) is 1.53. The molecule has 2 aromatic carbocycles. The van der Waals surface area contributed by atoms with Crippen molar-refractivity contribution < 1.29 is 23.1 Å². The highest BCUT2D eigenvalue weighted by Crippen LogP contribution is 2.45. The number of amides is 2. The number of benzene rings is 2. The van der Waals surface area contributed by atoms with Gasteiger partial charge in [0, 0.05) is 17.5 Å². The molecule has 2 amide bonds. The molecular formula is C22H22F3N3O2. The van der Waals surface area contributed by atoms with Crippen LogP contribution in [0.4, 0.5) is 18.0 Å². The fourth-order valence-corrected chi connectivity index (χ4v) is 3.98. The van der Waals surface area contributed by atoms with Crippen LogP contribution in [-0.4, -0.2) is 34.8 Å². The van der Waals surface area contributed by atoms with Gasteiger partial charge in [-0.2, -0.15) is 0 Å². The SMILES string of the molecule is C[C@@H](CO)NC(=O)NC1CC(c2c(-c3ccc(F)cc3)[nH]c3c(F)cc(F)cc23)C1. The Bertz CT molecular complexity index is 1080. The molecule has 3 aromatic rings. The van der Waals surface area contributed by atoms with Gasteiger partial charge in [-0.3, -0.25) is 0 Å². The molecular weight excluding hydrogens is 395 g/mol. The van der Waals surface area contributed by atoms with Crippen molar-refractivity contribution in [1.29, 1.82) is 0 Å². The lowest BCUT2D eigenvalue weighted by atomic mass is 9.74. The molecule has 0 saturated heterocycles. The number of carbonyl (C=O) groups is 1. The highest BCUT2D eigenvalue weighted by atomic mass is 19.1. The van der Waals surface area contributed by atoms with Gasteiger partial charge in [-0.1, -0.05) is 0 Å². The van der Waals surface area contributed by atoms with Gasteiger partial charge in [-0.25, -0.2) is 18.0 Å². The summed E-state index contributed by atoms with van der Waals surface area (Å²) >= 11 is 0. The molecule has 0 radical (unpaired) electrons. The fraction of sp³-hybridized carbons (Fsp3) is 0.318. The number of aliphatic hydroxyl groups excluding tert-OH is 1. The summed E-state index contributed by atoms with van der Waals surface area (Å²) in [4.78, 5) is 15.0. The molecule has 4 rings (SSSR count). The molecule has 0 spiro atoms. The molecule has 0 unspecified atom stereocenters. The van der Waals surface area contributed by atoms with Crippen LogP contribution >= 0.6 is 0 Å². The molecule has 30 heavy (non-hydrogen) atoms. The molecule has 0 aliphatic heterocycles. The van der Waals surface area contributed by atoms with Crippen LogP contribution in [0.25, 0.3) is 22.2 Å².